The summed E-state index contributed by atoms with van der Waals surface area (Å²) in [5.74, 6) is 0.349. The molecule has 1 fully saturated rings. The number of hydrogen-bond donors (Lipinski definition) is 2. The number of benzene rings is 1. The summed E-state index contributed by atoms with van der Waals surface area (Å²) >= 11 is 0. The van der Waals surface area contributed by atoms with Crippen LogP contribution in [0.25, 0.3) is 11.1 Å². The number of nitrogens with one attached hydrogen (secondary N) is 2. The molecule has 196 valence electrons. The van der Waals surface area contributed by atoms with E-state index in [4.69, 9.17) is 4.74 Å². The number of hydrogen-bond acceptors (Lipinski definition) is 6. The number of rotatable bonds is 6. The van der Waals surface area contributed by atoms with E-state index in [1.54, 1.807) is 28.2 Å². The Labute approximate surface area is 217 Å². The monoisotopic (exact) mass is 505 g/mol. The van der Waals surface area contributed by atoms with Gasteiger partial charge in [0.2, 0.25) is 5.95 Å². The molecular weight excluding hydrogens is 470 g/mol. The number of urea groups is 1. The summed E-state index contributed by atoms with van der Waals surface area (Å²) in [6, 6.07) is 9.41. The zero-order valence-corrected chi connectivity index (χ0v) is 21.8. The summed E-state index contributed by atoms with van der Waals surface area (Å²) in [4.78, 5) is 36.4. The van der Waals surface area contributed by atoms with Crippen molar-refractivity contribution in [1.29, 1.82) is 0 Å². The highest BCUT2D eigenvalue weighted by Crippen LogP contribution is 2.27. The van der Waals surface area contributed by atoms with E-state index in [0.29, 0.717) is 25.3 Å². The molecule has 0 spiro atoms. The van der Waals surface area contributed by atoms with E-state index in [0.717, 1.165) is 29.5 Å². The molecule has 0 atom stereocenters. The van der Waals surface area contributed by atoms with Crippen LogP contribution >= 0.6 is 0 Å². The van der Waals surface area contributed by atoms with Crippen LogP contribution in [0.15, 0.2) is 55.1 Å². The van der Waals surface area contributed by atoms with Crippen LogP contribution < -0.4 is 15.5 Å². The molecule has 2 heterocycles. The quantitative estimate of drug-likeness (QED) is 0.512. The Balaban J connectivity index is 1.46. The molecule has 10 nitrogen and oxygen atoms in total. The average molecular weight is 506 g/mol. The topological polar surface area (TPSA) is 114 Å². The molecule has 3 aromatic rings. The Morgan fingerprint density at radius 3 is 2.30 bits per heavy atom. The third kappa shape index (κ3) is 7.28. The molecule has 2 aromatic heterocycles. The first kappa shape index (κ1) is 26.1. The number of nitrogens with zero attached hydrogens (tertiary/aromatic N) is 5. The smallest absolute Gasteiger partial charge is 0.407 e. The Kier molecular flexibility index (Phi) is 8.05. The van der Waals surface area contributed by atoms with E-state index in [1.807, 2.05) is 64.3 Å². The number of aromatic nitrogens is 4. The van der Waals surface area contributed by atoms with Crippen LogP contribution in [0.1, 0.15) is 52.0 Å². The molecule has 1 saturated carbocycles. The Bertz CT molecular complexity index is 1180. The lowest BCUT2D eigenvalue weighted by Crippen LogP contribution is -2.50. The molecule has 1 aromatic carbocycles. The summed E-state index contributed by atoms with van der Waals surface area (Å²) < 4.78 is 7.11. The van der Waals surface area contributed by atoms with Crippen molar-refractivity contribution < 1.29 is 14.3 Å². The summed E-state index contributed by atoms with van der Waals surface area (Å²) in [6.45, 7) is 5.93. The van der Waals surface area contributed by atoms with Gasteiger partial charge in [-0.05, 0) is 52.0 Å². The molecule has 0 unspecified atom stereocenters. The molecule has 0 radical (unpaired) electrons. The minimum atomic E-state index is -0.547. The van der Waals surface area contributed by atoms with Gasteiger partial charge in [0, 0.05) is 55.4 Å². The highest BCUT2D eigenvalue weighted by Gasteiger charge is 2.32. The number of ether oxygens (including phenoxy) is 1. The summed E-state index contributed by atoms with van der Waals surface area (Å²) in [6.07, 6.45) is 9.50. The molecule has 2 N–H and O–H groups in total. The van der Waals surface area contributed by atoms with Crippen molar-refractivity contribution in [2.45, 2.75) is 70.7 Å². The Morgan fingerprint density at radius 1 is 1.03 bits per heavy atom. The lowest BCUT2D eigenvalue weighted by molar-refractivity contribution is 0.0491. The highest BCUT2D eigenvalue weighted by atomic mass is 16.6. The third-order valence-corrected chi connectivity index (χ3v) is 6.18. The largest absolute Gasteiger partial charge is 0.444 e. The molecule has 1 aliphatic carbocycles. The molecule has 37 heavy (non-hydrogen) atoms. The summed E-state index contributed by atoms with van der Waals surface area (Å²) in [5.41, 5.74) is 2.19. The fourth-order valence-corrected chi connectivity index (χ4v) is 4.40. The van der Waals surface area contributed by atoms with Gasteiger partial charge in [0.15, 0.2) is 0 Å². The van der Waals surface area contributed by atoms with Gasteiger partial charge in [-0.25, -0.2) is 19.6 Å². The van der Waals surface area contributed by atoms with E-state index in [1.165, 1.54) is 0 Å². The van der Waals surface area contributed by atoms with E-state index < -0.39 is 11.7 Å². The third-order valence-electron chi connectivity index (χ3n) is 6.18. The SMILES string of the molecule is Cn1cc(-c2cnc(N(C(=O)NCc3ccccc3)C3CCC(NC(=O)OC(C)(C)C)CC3)nc2)cn1. The van der Waals surface area contributed by atoms with Crippen LogP contribution in [0.2, 0.25) is 0 Å². The van der Waals surface area contributed by atoms with Gasteiger partial charge in [-0.15, -0.1) is 0 Å². The zero-order valence-electron chi connectivity index (χ0n) is 21.8. The minimum Gasteiger partial charge on any atom is -0.444 e. The van der Waals surface area contributed by atoms with Crippen molar-refractivity contribution >= 4 is 18.1 Å². The van der Waals surface area contributed by atoms with Crippen molar-refractivity contribution in [2.24, 2.45) is 7.05 Å². The van der Waals surface area contributed by atoms with Crippen molar-refractivity contribution in [3.05, 3.63) is 60.7 Å². The maximum atomic E-state index is 13.4. The Morgan fingerprint density at radius 2 is 1.70 bits per heavy atom. The zero-order chi connectivity index (χ0) is 26.4. The molecule has 0 aliphatic heterocycles. The number of carbonyl (C=O) groups is 2. The van der Waals surface area contributed by atoms with Crippen molar-refractivity contribution in [3.8, 4) is 11.1 Å². The molecule has 0 saturated heterocycles. The van der Waals surface area contributed by atoms with Crippen LogP contribution in [0.4, 0.5) is 15.5 Å². The van der Waals surface area contributed by atoms with Gasteiger partial charge in [-0.1, -0.05) is 30.3 Å². The molecular formula is C27H35N7O3. The van der Waals surface area contributed by atoms with Crippen LogP contribution in [-0.4, -0.2) is 49.6 Å². The second-order valence-corrected chi connectivity index (χ2v) is 10.3. The number of alkyl carbamates (subject to hydrolysis) is 1. The van der Waals surface area contributed by atoms with Crippen LogP contribution in [0.5, 0.6) is 0 Å². The minimum absolute atomic E-state index is 0.00537. The predicted octanol–water partition coefficient (Wildman–Crippen LogP) is 4.43. The van der Waals surface area contributed by atoms with Crippen molar-refractivity contribution in [3.63, 3.8) is 0 Å². The first-order valence-corrected chi connectivity index (χ1v) is 12.6. The molecule has 1 aliphatic rings. The lowest BCUT2D eigenvalue weighted by atomic mass is 9.90. The molecule has 0 bridgehead atoms. The summed E-state index contributed by atoms with van der Waals surface area (Å²) in [5, 5.41) is 10.2. The van der Waals surface area contributed by atoms with E-state index >= 15 is 0 Å². The predicted molar refractivity (Wildman–Crippen MR) is 141 cm³/mol. The number of amides is 3. The van der Waals surface area contributed by atoms with Gasteiger partial charge in [-0.2, -0.15) is 5.10 Å². The highest BCUT2D eigenvalue weighted by molar-refractivity contribution is 5.90. The van der Waals surface area contributed by atoms with Gasteiger partial charge < -0.3 is 15.4 Å². The maximum absolute atomic E-state index is 13.4. The first-order valence-electron chi connectivity index (χ1n) is 12.6. The second-order valence-electron chi connectivity index (χ2n) is 10.3. The number of carbonyl (C=O) groups excluding carboxylic acids is 2. The second kappa shape index (κ2) is 11.4. The van der Waals surface area contributed by atoms with Crippen molar-refractivity contribution in [1.82, 2.24) is 30.4 Å². The number of anilines is 1. The number of aryl methyl sites for hydroxylation is 1. The van der Waals surface area contributed by atoms with Gasteiger partial charge in [0.25, 0.3) is 0 Å². The standard InChI is InChI=1S/C27H35N7O3/c1-27(2,3)37-26(36)32-22-10-12-23(13-11-22)34(25(35)30-14-19-8-6-5-7-9-19)24-28-15-20(16-29-24)21-17-31-33(4)18-21/h5-9,15-18,22-23H,10-14H2,1-4H3,(H,30,35)(H,32,36). The van der Waals surface area contributed by atoms with Gasteiger partial charge in [0.05, 0.1) is 6.20 Å². The van der Waals surface area contributed by atoms with Crippen LogP contribution in [0, 0.1) is 0 Å². The molecule has 3 amide bonds. The first-order chi connectivity index (χ1) is 17.7. The van der Waals surface area contributed by atoms with E-state index in [9.17, 15) is 9.59 Å². The molecule has 4 rings (SSSR count). The van der Waals surface area contributed by atoms with E-state index in [2.05, 4.69) is 25.7 Å². The van der Waals surface area contributed by atoms with Gasteiger partial charge in [-0.3, -0.25) is 9.58 Å². The van der Waals surface area contributed by atoms with E-state index in [-0.39, 0.29) is 18.1 Å². The normalized spacial score (nSPS) is 17.6. The van der Waals surface area contributed by atoms with Crippen molar-refractivity contribution in [2.75, 3.05) is 4.90 Å². The Hall–Kier alpha value is -3.95. The average Bonchev–Trinajstić information content (AvgIpc) is 3.30. The van der Waals surface area contributed by atoms with Crippen LogP contribution in [0.3, 0.4) is 0 Å². The fraction of sp³-hybridized carbons (Fsp3) is 0.444. The van der Waals surface area contributed by atoms with Gasteiger partial charge >= 0.3 is 12.1 Å². The fourth-order valence-electron chi connectivity index (χ4n) is 4.40. The summed E-state index contributed by atoms with van der Waals surface area (Å²) in [7, 11) is 1.85. The lowest BCUT2D eigenvalue weighted by Gasteiger charge is -2.36. The van der Waals surface area contributed by atoms with Gasteiger partial charge in [0.1, 0.15) is 5.60 Å². The van der Waals surface area contributed by atoms with Crippen LogP contribution in [-0.2, 0) is 18.3 Å². The maximum Gasteiger partial charge on any atom is 0.407 e. The molecule has 10 heteroatoms.